The molecule has 2 amide bonds. The third kappa shape index (κ3) is 3.27. The van der Waals surface area contributed by atoms with Gasteiger partial charge in [0.15, 0.2) is 0 Å². The fraction of sp³-hybridized carbons (Fsp3) is 0.300. The molecular formula is C20H21ClN2O2. The number of anilines is 1. The lowest BCUT2D eigenvalue weighted by Gasteiger charge is -2.39. The normalized spacial score (nSPS) is 17.7. The van der Waals surface area contributed by atoms with Crippen LogP contribution in [0.2, 0.25) is 5.02 Å². The second-order valence-corrected chi connectivity index (χ2v) is 6.53. The average molecular weight is 357 g/mol. The summed E-state index contributed by atoms with van der Waals surface area (Å²) >= 11 is 6.14. The van der Waals surface area contributed by atoms with Gasteiger partial charge >= 0.3 is 0 Å². The molecule has 0 aliphatic carbocycles. The fourth-order valence-corrected chi connectivity index (χ4v) is 3.47. The topological polar surface area (TPSA) is 40.6 Å². The number of benzene rings is 2. The van der Waals surface area contributed by atoms with Crippen molar-refractivity contribution in [2.75, 3.05) is 18.0 Å². The second kappa shape index (κ2) is 7.28. The standard InChI is InChI=1S/C20H21ClN2O2/c1-3-15-8-4-7-11-18(15)23-13-12-22(14(2)19(23)24)20(25)16-9-5-6-10-17(16)21/h4-11,14H,3,12-13H2,1-2H3/t14-/m0/s1. The number of carbonyl (C=O) groups excluding carboxylic acids is 2. The highest BCUT2D eigenvalue weighted by Gasteiger charge is 2.36. The van der Waals surface area contributed by atoms with E-state index in [9.17, 15) is 9.59 Å². The summed E-state index contributed by atoms with van der Waals surface area (Å²) < 4.78 is 0. The predicted octanol–water partition coefficient (Wildman–Crippen LogP) is 3.78. The summed E-state index contributed by atoms with van der Waals surface area (Å²) in [6.45, 7) is 4.81. The van der Waals surface area contributed by atoms with Gasteiger partial charge in [-0.2, -0.15) is 0 Å². The minimum atomic E-state index is -0.526. The zero-order valence-corrected chi connectivity index (χ0v) is 15.2. The van der Waals surface area contributed by atoms with E-state index in [4.69, 9.17) is 11.6 Å². The third-order valence-corrected chi connectivity index (χ3v) is 5.01. The van der Waals surface area contributed by atoms with Gasteiger partial charge in [0.25, 0.3) is 5.91 Å². The number of para-hydroxylation sites is 1. The first kappa shape index (κ1) is 17.5. The molecule has 1 aliphatic heterocycles. The Morgan fingerprint density at radius 2 is 1.80 bits per heavy atom. The number of aryl methyl sites for hydroxylation is 1. The average Bonchev–Trinajstić information content (AvgIpc) is 2.64. The van der Waals surface area contributed by atoms with Gasteiger partial charge in [-0.15, -0.1) is 0 Å². The van der Waals surface area contributed by atoms with Crippen molar-refractivity contribution in [3.8, 4) is 0 Å². The van der Waals surface area contributed by atoms with Crippen LogP contribution in [0.15, 0.2) is 48.5 Å². The summed E-state index contributed by atoms with van der Waals surface area (Å²) in [5, 5.41) is 0.408. The van der Waals surface area contributed by atoms with Crippen LogP contribution in [0.1, 0.15) is 29.8 Å². The van der Waals surface area contributed by atoms with Crippen molar-refractivity contribution in [1.82, 2.24) is 4.90 Å². The van der Waals surface area contributed by atoms with E-state index in [1.807, 2.05) is 24.3 Å². The summed E-state index contributed by atoms with van der Waals surface area (Å²) in [7, 11) is 0. The van der Waals surface area contributed by atoms with E-state index in [2.05, 4.69) is 6.92 Å². The van der Waals surface area contributed by atoms with Gasteiger partial charge in [-0.3, -0.25) is 9.59 Å². The van der Waals surface area contributed by atoms with Crippen LogP contribution in [0.25, 0.3) is 0 Å². The van der Waals surface area contributed by atoms with Gasteiger partial charge in [0.05, 0.1) is 10.6 Å². The van der Waals surface area contributed by atoms with Gasteiger partial charge in [0.2, 0.25) is 5.91 Å². The Morgan fingerprint density at radius 1 is 1.12 bits per heavy atom. The Bertz CT molecular complexity index is 806. The van der Waals surface area contributed by atoms with Crippen LogP contribution in [0.3, 0.4) is 0 Å². The molecule has 130 valence electrons. The first-order valence-corrected chi connectivity index (χ1v) is 8.87. The number of piperazine rings is 1. The number of nitrogens with zero attached hydrogens (tertiary/aromatic N) is 2. The molecule has 1 aliphatic rings. The van der Waals surface area contributed by atoms with Crippen molar-refractivity contribution in [2.45, 2.75) is 26.3 Å². The largest absolute Gasteiger partial charge is 0.325 e. The van der Waals surface area contributed by atoms with Crippen molar-refractivity contribution in [3.05, 3.63) is 64.7 Å². The van der Waals surface area contributed by atoms with E-state index in [0.29, 0.717) is 23.7 Å². The molecule has 1 fully saturated rings. The molecule has 0 spiro atoms. The summed E-state index contributed by atoms with van der Waals surface area (Å²) in [6.07, 6.45) is 0.858. The Hall–Kier alpha value is -2.33. The van der Waals surface area contributed by atoms with Gasteiger partial charge in [0.1, 0.15) is 6.04 Å². The molecule has 3 rings (SSSR count). The lowest BCUT2D eigenvalue weighted by Crippen LogP contribution is -2.58. The first-order valence-electron chi connectivity index (χ1n) is 8.49. The van der Waals surface area contributed by atoms with E-state index in [0.717, 1.165) is 17.7 Å². The summed E-state index contributed by atoms with van der Waals surface area (Å²) in [4.78, 5) is 29.1. The van der Waals surface area contributed by atoms with Crippen LogP contribution >= 0.6 is 11.6 Å². The minimum Gasteiger partial charge on any atom is -0.325 e. The summed E-state index contributed by atoms with van der Waals surface area (Å²) in [5.74, 6) is -0.262. The molecule has 5 heteroatoms. The fourth-order valence-electron chi connectivity index (χ4n) is 3.25. The number of rotatable bonds is 3. The van der Waals surface area contributed by atoms with Crippen molar-refractivity contribution in [1.29, 1.82) is 0 Å². The molecule has 0 aromatic heterocycles. The maximum Gasteiger partial charge on any atom is 0.256 e. The van der Waals surface area contributed by atoms with Crippen LogP contribution in [-0.4, -0.2) is 35.8 Å². The first-order chi connectivity index (χ1) is 12.0. The molecule has 0 radical (unpaired) electrons. The predicted molar refractivity (Wildman–Crippen MR) is 100 cm³/mol. The van der Waals surface area contributed by atoms with Gasteiger partial charge in [0, 0.05) is 18.8 Å². The molecular weight excluding hydrogens is 336 g/mol. The van der Waals surface area contributed by atoms with Gasteiger partial charge in [-0.25, -0.2) is 0 Å². The van der Waals surface area contributed by atoms with Crippen molar-refractivity contribution in [3.63, 3.8) is 0 Å². The number of amides is 2. The van der Waals surface area contributed by atoms with E-state index >= 15 is 0 Å². The lowest BCUT2D eigenvalue weighted by atomic mass is 10.1. The molecule has 0 saturated carbocycles. The molecule has 0 unspecified atom stereocenters. The SMILES string of the molecule is CCc1ccccc1N1CCN(C(=O)c2ccccc2Cl)[C@@H](C)C1=O. The Kier molecular flexibility index (Phi) is 5.09. The van der Waals surface area contributed by atoms with Crippen LogP contribution in [-0.2, 0) is 11.2 Å². The summed E-state index contributed by atoms with van der Waals surface area (Å²) in [6, 6.07) is 14.3. The molecule has 1 saturated heterocycles. The maximum atomic E-state index is 12.9. The quantitative estimate of drug-likeness (QED) is 0.839. The van der Waals surface area contributed by atoms with E-state index in [1.165, 1.54) is 0 Å². The Balaban J connectivity index is 1.85. The molecule has 0 N–H and O–H groups in total. The molecule has 25 heavy (non-hydrogen) atoms. The van der Waals surface area contributed by atoms with E-state index < -0.39 is 6.04 Å². The highest BCUT2D eigenvalue weighted by atomic mass is 35.5. The molecule has 0 bridgehead atoms. The molecule has 4 nitrogen and oxygen atoms in total. The molecule has 1 atom stereocenters. The Labute approximate surface area is 153 Å². The smallest absolute Gasteiger partial charge is 0.256 e. The molecule has 2 aromatic rings. The van der Waals surface area contributed by atoms with Crippen molar-refractivity contribution >= 4 is 29.1 Å². The minimum absolute atomic E-state index is 0.0625. The monoisotopic (exact) mass is 356 g/mol. The second-order valence-electron chi connectivity index (χ2n) is 6.13. The molecule has 1 heterocycles. The summed E-state index contributed by atoms with van der Waals surface area (Å²) in [5.41, 5.74) is 2.51. The van der Waals surface area contributed by atoms with E-state index in [1.54, 1.807) is 41.0 Å². The van der Waals surface area contributed by atoms with Crippen LogP contribution in [0, 0.1) is 0 Å². The van der Waals surface area contributed by atoms with Crippen LogP contribution < -0.4 is 4.90 Å². The number of hydrogen-bond donors (Lipinski definition) is 0. The van der Waals surface area contributed by atoms with Gasteiger partial charge < -0.3 is 9.80 Å². The third-order valence-electron chi connectivity index (χ3n) is 4.68. The van der Waals surface area contributed by atoms with Crippen molar-refractivity contribution in [2.24, 2.45) is 0 Å². The number of hydrogen-bond acceptors (Lipinski definition) is 2. The lowest BCUT2D eigenvalue weighted by molar-refractivity contribution is -0.124. The van der Waals surface area contributed by atoms with E-state index in [-0.39, 0.29) is 11.8 Å². The zero-order valence-electron chi connectivity index (χ0n) is 14.4. The van der Waals surface area contributed by atoms with Gasteiger partial charge in [-0.05, 0) is 37.1 Å². The number of carbonyl (C=O) groups is 2. The number of halogens is 1. The van der Waals surface area contributed by atoms with Gasteiger partial charge in [-0.1, -0.05) is 48.9 Å². The highest BCUT2D eigenvalue weighted by molar-refractivity contribution is 6.33. The molecule has 2 aromatic carbocycles. The Morgan fingerprint density at radius 3 is 2.52 bits per heavy atom. The van der Waals surface area contributed by atoms with Crippen molar-refractivity contribution < 1.29 is 9.59 Å². The highest BCUT2D eigenvalue weighted by Crippen LogP contribution is 2.26. The zero-order chi connectivity index (χ0) is 18.0. The maximum absolute atomic E-state index is 12.9. The van der Waals surface area contributed by atoms with Crippen LogP contribution in [0.4, 0.5) is 5.69 Å². The van der Waals surface area contributed by atoms with Crippen LogP contribution in [0.5, 0.6) is 0 Å².